The number of benzene rings is 1. The number of rotatable bonds is 2. The highest BCUT2D eigenvalue weighted by Gasteiger charge is 2.32. The molecule has 1 aliphatic rings. The van der Waals surface area contributed by atoms with Crippen molar-refractivity contribution in [2.75, 3.05) is 0 Å². The Hall–Kier alpha value is -1.07. The van der Waals surface area contributed by atoms with Crippen molar-refractivity contribution in [1.82, 2.24) is 0 Å². The zero-order valence-electron chi connectivity index (χ0n) is 10.1. The van der Waals surface area contributed by atoms with Crippen LogP contribution in [0.25, 0.3) is 0 Å². The first-order valence-corrected chi connectivity index (χ1v) is 5.96. The number of halogens is 3. The first kappa shape index (κ1) is 13.4. The van der Waals surface area contributed by atoms with Crippen LogP contribution in [0.5, 0.6) is 0 Å². The standard InChI is InChI=1S/C13H16F3NO/c1-8-5-6-11(18-8)12(17)9-3-2-4-10(7-9)13(14,15)16/h2-4,7-8,11-12H,5-6,17H2,1H3. The van der Waals surface area contributed by atoms with Gasteiger partial charge < -0.3 is 10.5 Å². The van der Waals surface area contributed by atoms with Crippen LogP contribution in [-0.2, 0) is 10.9 Å². The van der Waals surface area contributed by atoms with E-state index in [4.69, 9.17) is 10.5 Å². The Balaban J connectivity index is 2.18. The minimum Gasteiger partial charge on any atom is -0.373 e. The van der Waals surface area contributed by atoms with Crippen molar-refractivity contribution >= 4 is 0 Å². The van der Waals surface area contributed by atoms with Crippen LogP contribution in [0.3, 0.4) is 0 Å². The second-order valence-corrected chi connectivity index (χ2v) is 4.71. The van der Waals surface area contributed by atoms with Crippen molar-refractivity contribution in [3.8, 4) is 0 Å². The Morgan fingerprint density at radius 1 is 1.33 bits per heavy atom. The van der Waals surface area contributed by atoms with E-state index in [-0.39, 0.29) is 12.2 Å². The summed E-state index contributed by atoms with van der Waals surface area (Å²) in [5.41, 5.74) is 5.79. The molecule has 0 saturated carbocycles. The van der Waals surface area contributed by atoms with Gasteiger partial charge in [-0.25, -0.2) is 0 Å². The van der Waals surface area contributed by atoms with Gasteiger partial charge in [-0.3, -0.25) is 0 Å². The summed E-state index contributed by atoms with van der Waals surface area (Å²) in [5.74, 6) is 0. The van der Waals surface area contributed by atoms with Crippen LogP contribution in [-0.4, -0.2) is 12.2 Å². The summed E-state index contributed by atoms with van der Waals surface area (Å²) in [4.78, 5) is 0. The Labute approximate surface area is 104 Å². The Kier molecular flexibility index (Phi) is 3.64. The highest BCUT2D eigenvalue weighted by molar-refractivity contribution is 5.28. The monoisotopic (exact) mass is 259 g/mol. The summed E-state index contributed by atoms with van der Waals surface area (Å²) in [6, 6.07) is 4.66. The van der Waals surface area contributed by atoms with Crippen LogP contribution in [0.15, 0.2) is 24.3 Å². The number of hydrogen-bond acceptors (Lipinski definition) is 2. The van der Waals surface area contributed by atoms with E-state index in [2.05, 4.69) is 0 Å². The van der Waals surface area contributed by atoms with Gasteiger partial charge in [0.2, 0.25) is 0 Å². The zero-order valence-corrected chi connectivity index (χ0v) is 10.1. The van der Waals surface area contributed by atoms with Crippen molar-refractivity contribution in [1.29, 1.82) is 0 Å². The van der Waals surface area contributed by atoms with Gasteiger partial charge in [0.1, 0.15) is 0 Å². The number of nitrogens with two attached hydrogens (primary N) is 1. The molecular formula is C13H16F3NO. The molecule has 1 heterocycles. The third kappa shape index (κ3) is 2.84. The Bertz CT molecular complexity index is 419. The first-order chi connectivity index (χ1) is 8.38. The van der Waals surface area contributed by atoms with Gasteiger partial charge in [0.05, 0.1) is 23.8 Å². The van der Waals surface area contributed by atoms with Gasteiger partial charge in [0, 0.05) is 0 Å². The molecule has 100 valence electrons. The fourth-order valence-electron chi connectivity index (χ4n) is 2.23. The SMILES string of the molecule is CC1CCC(C(N)c2cccc(C(F)(F)F)c2)O1. The van der Waals surface area contributed by atoms with Crippen molar-refractivity contribution < 1.29 is 17.9 Å². The molecule has 0 spiro atoms. The maximum atomic E-state index is 12.6. The van der Waals surface area contributed by atoms with Gasteiger partial charge in [0.25, 0.3) is 0 Å². The lowest BCUT2D eigenvalue weighted by Gasteiger charge is -2.20. The van der Waals surface area contributed by atoms with E-state index >= 15 is 0 Å². The molecule has 5 heteroatoms. The van der Waals surface area contributed by atoms with Crippen molar-refractivity contribution in [2.24, 2.45) is 5.73 Å². The van der Waals surface area contributed by atoms with Crippen molar-refractivity contribution in [3.63, 3.8) is 0 Å². The molecule has 1 aliphatic heterocycles. The Morgan fingerprint density at radius 3 is 2.61 bits per heavy atom. The highest BCUT2D eigenvalue weighted by atomic mass is 19.4. The maximum absolute atomic E-state index is 12.6. The predicted molar refractivity (Wildman–Crippen MR) is 61.9 cm³/mol. The van der Waals surface area contributed by atoms with Gasteiger partial charge in [-0.2, -0.15) is 13.2 Å². The lowest BCUT2D eigenvalue weighted by Crippen LogP contribution is -2.26. The van der Waals surface area contributed by atoms with Gasteiger partial charge in [-0.05, 0) is 37.5 Å². The van der Waals surface area contributed by atoms with Gasteiger partial charge in [-0.1, -0.05) is 12.1 Å². The van der Waals surface area contributed by atoms with E-state index in [0.717, 1.165) is 25.0 Å². The molecule has 1 aromatic carbocycles. The zero-order chi connectivity index (χ0) is 13.3. The van der Waals surface area contributed by atoms with E-state index in [1.54, 1.807) is 6.07 Å². The van der Waals surface area contributed by atoms with Crippen LogP contribution in [0.1, 0.15) is 36.9 Å². The molecule has 0 radical (unpaired) electrons. The normalized spacial score (nSPS) is 26.3. The molecule has 0 aromatic heterocycles. The second kappa shape index (κ2) is 4.90. The minimum atomic E-state index is -4.33. The average molecular weight is 259 g/mol. The molecule has 0 bridgehead atoms. The van der Waals surface area contributed by atoms with Crippen LogP contribution >= 0.6 is 0 Å². The topological polar surface area (TPSA) is 35.2 Å². The summed E-state index contributed by atoms with van der Waals surface area (Å²) in [5, 5.41) is 0. The molecular weight excluding hydrogens is 243 g/mol. The second-order valence-electron chi connectivity index (χ2n) is 4.71. The number of alkyl halides is 3. The molecule has 1 fully saturated rings. The van der Waals surface area contributed by atoms with Crippen LogP contribution in [0.4, 0.5) is 13.2 Å². The highest BCUT2D eigenvalue weighted by Crippen LogP contribution is 2.33. The number of ether oxygens (including phenoxy) is 1. The fraction of sp³-hybridized carbons (Fsp3) is 0.538. The van der Waals surface area contributed by atoms with Gasteiger partial charge in [-0.15, -0.1) is 0 Å². The lowest BCUT2D eigenvalue weighted by atomic mass is 9.98. The number of hydrogen-bond donors (Lipinski definition) is 1. The smallest absolute Gasteiger partial charge is 0.373 e. The summed E-state index contributed by atoms with van der Waals surface area (Å²) in [6.07, 6.45) is -2.70. The first-order valence-electron chi connectivity index (χ1n) is 5.96. The van der Waals surface area contributed by atoms with E-state index < -0.39 is 17.8 Å². The summed E-state index contributed by atoms with van der Waals surface area (Å²) in [7, 11) is 0. The third-order valence-electron chi connectivity index (χ3n) is 3.26. The molecule has 2 N–H and O–H groups in total. The van der Waals surface area contributed by atoms with E-state index in [0.29, 0.717) is 5.56 Å². The largest absolute Gasteiger partial charge is 0.416 e. The molecule has 3 unspecified atom stereocenters. The van der Waals surface area contributed by atoms with Gasteiger partial charge >= 0.3 is 6.18 Å². The molecule has 2 rings (SSSR count). The van der Waals surface area contributed by atoms with E-state index in [1.807, 2.05) is 6.92 Å². The molecule has 0 aliphatic carbocycles. The molecule has 1 saturated heterocycles. The van der Waals surface area contributed by atoms with Crippen molar-refractivity contribution in [2.45, 2.75) is 44.2 Å². The van der Waals surface area contributed by atoms with Gasteiger partial charge in [0.15, 0.2) is 0 Å². The predicted octanol–water partition coefficient (Wildman–Crippen LogP) is 3.27. The van der Waals surface area contributed by atoms with Crippen LogP contribution in [0.2, 0.25) is 0 Å². The fourth-order valence-corrected chi connectivity index (χ4v) is 2.23. The minimum absolute atomic E-state index is 0.131. The average Bonchev–Trinajstić information content (AvgIpc) is 2.74. The van der Waals surface area contributed by atoms with E-state index in [1.165, 1.54) is 6.07 Å². The summed E-state index contributed by atoms with van der Waals surface area (Å²) >= 11 is 0. The van der Waals surface area contributed by atoms with Crippen LogP contribution in [0, 0.1) is 0 Å². The third-order valence-corrected chi connectivity index (χ3v) is 3.26. The summed E-state index contributed by atoms with van der Waals surface area (Å²) in [6.45, 7) is 1.94. The van der Waals surface area contributed by atoms with Crippen molar-refractivity contribution in [3.05, 3.63) is 35.4 Å². The molecule has 18 heavy (non-hydrogen) atoms. The quantitative estimate of drug-likeness (QED) is 0.884. The molecule has 1 aromatic rings. The maximum Gasteiger partial charge on any atom is 0.416 e. The summed E-state index contributed by atoms with van der Waals surface area (Å²) < 4.78 is 43.4. The van der Waals surface area contributed by atoms with Crippen LogP contribution < -0.4 is 5.73 Å². The lowest BCUT2D eigenvalue weighted by molar-refractivity contribution is -0.137. The molecule has 0 amide bonds. The Morgan fingerprint density at radius 2 is 2.06 bits per heavy atom. The molecule has 2 nitrogen and oxygen atoms in total. The van der Waals surface area contributed by atoms with E-state index in [9.17, 15) is 13.2 Å². The molecule has 3 atom stereocenters.